The van der Waals surface area contributed by atoms with E-state index in [2.05, 4.69) is 5.32 Å². The normalized spacial score (nSPS) is 18.4. The second-order valence-corrected chi connectivity index (χ2v) is 3.73. The van der Waals surface area contributed by atoms with Gasteiger partial charge in [-0.3, -0.25) is 0 Å². The molecule has 0 radical (unpaired) electrons. The summed E-state index contributed by atoms with van der Waals surface area (Å²) in [7, 11) is 1.30. The smallest absolute Gasteiger partial charge is 0.200 e. The molecule has 0 aromatic heterocycles. The van der Waals surface area contributed by atoms with Crippen molar-refractivity contribution in [3.05, 3.63) is 29.3 Å². The maximum Gasteiger partial charge on any atom is 0.200 e. The van der Waals surface area contributed by atoms with Crippen molar-refractivity contribution in [2.45, 2.75) is 5.54 Å². The summed E-state index contributed by atoms with van der Waals surface area (Å²) in [4.78, 5) is 0. The second kappa shape index (κ2) is 3.43. The number of rotatable bonds is 2. The highest BCUT2D eigenvalue weighted by atomic mass is 19.2. The number of hydrogen-bond donors (Lipinski definition) is 2. The fourth-order valence-electron chi connectivity index (χ4n) is 1.60. The van der Waals surface area contributed by atoms with Gasteiger partial charge >= 0.3 is 0 Å². The molecule has 2 rings (SSSR count). The Balaban J connectivity index is 2.45. The second-order valence-electron chi connectivity index (χ2n) is 3.73. The van der Waals surface area contributed by atoms with E-state index in [0.29, 0.717) is 18.7 Å². The van der Waals surface area contributed by atoms with Crippen molar-refractivity contribution in [3.63, 3.8) is 0 Å². The van der Waals surface area contributed by atoms with Crippen LogP contribution >= 0.6 is 0 Å². The average molecular weight is 214 g/mol. The minimum atomic E-state index is -0.975. The largest absolute Gasteiger partial charge is 0.494 e. The van der Waals surface area contributed by atoms with Crippen LogP contribution in [0.5, 0.6) is 5.75 Å². The molecular formula is C10H12F2N2O. The molecule has 15 heavy (non-hydrogen) atoms. The Bertz CT molecular complexity index is 391. The molecule has 1 saturated heterocycles. The molecule has 1 heterocycles. The Morgan fingerprint density at radius 3 is 2.53 bits per heavy atom. The van der Waals surface area contributed by atoms with Gasteiger partial charge in [0, 0.05) is 13.1 Å². The van der Waals surface area contributed by atoms with Gasteiger partial charge < -0.3 is 15.8 Å². The monoisotopic (exact) mass is 214 g/mol. The summed E-state index contributed by atoms with van der Waals surface area (Å²) in [6, 6.07) is 2.57. The van der Waals surface area contributed by atoms with Crippen molar-refractivity contribution in [1.29, 1.82) is 0 Å². The molecule has 0 atom stereocenters. The van der Waals surface area contributed by atoms with E-state index in [1.807, 2.05) is 0 Å². The molecule has 1 aromatic carbocycles. The van der Waals surface area contributed by atoms with E-state index in [1.54, 1.807) is 0 Å². The lowest BCUT2D eigenvalue weighted by Crippen LogP contribution is -2.62. The maximum atomic E-state index is 13.2. The van der Waals surface area contributed by atoms with Gasteiger partial charge in [0.1, 0.15) is 0 Å². The van der Waals surface area contributed by atoms with Gasteiger partial charge in [-0.25, -0.2) is 4.39 Å². The van der Waals surface area contributed by atoms with Crippen molar-refractivity contribution in [2.24, 2.45) is 5.73 Å². The first-order valence-electron chi connectivity index (χ1n) is 4.60. The van der Waals surface area contributed by atoms with E-state index < -0.39 is 17.2 Å². The molecule has 0 saturated carbocycles. The number of ether oxygens (including phenoxy) is 1. The van der Waals surface area contributed by atoms with Crippen LogP contribution in [-0.4, -0.2) is 20.2 Å². The fourth-order valence-corrected chi connectivity index (χ4v) is 1.60. The van der Waals surface area contributed by atoms with Crippen LogP contribution in [0, 0.1) is 11.6 Å². The molecule has 1 aliphatic rings. The van der Waals surface area contributed by atoms with Crippen LogP contribution in [0.2, 0.25) is 0 Å². The van der Waals surface area contributed by atoms with Gasteiger partial charge in [0.25, 0.3) is 0 Å². The molecule has 82 valence electrons. The van der Waals surface area contributed by atoms with E-state index in [0.717, 1.165) is 6.07 Å². The highest BCUT2D eigenvalue weighted by Crippen LogP contribution is 2.29. The molecule has 0 spiro atoms. The van der Waals surface area contributed by atoms with Gasteiger partial charge in [-0.15, -0.1) is 0 Å². The van der Waals surface area contributed by atoms with Crippen molar-refractivity contribution >= 4 is 0 Å². The molecule has 0 unspecified atom stereocenters. The Morgan fingerprint density at radius 2 is 2.07 bits per heavy atom. The lowest BCUT2D eigenvalue weighted by Gasteiger charge is -2.39. The SMILES string of the molecule is COc1cc(C2(N)CNC2)cc(F)c1F. The van der Waals surface area contributed by atoms with Crippen LogP contribution < -0.4 is 15.8 Å². The Labute approximate surface area is 86.2 Å². The summed E-state index contributed by atoms with van der Waals surface area (Å²) < 4.78 is 31.1. The summed E-state index contributed by atoms with van der Waals surface area (Å²) in [6.07, 6.45) is 0. The third-order valence-corrected chi connectivity index (χ3v) is 2.67. The molecule has 1 aliphatic heterocycles. The van der Waals surface area contributed by atoms with Gasteiger partial charge in [-0.2, -0.15) is 4.39 Å². The Hall–Kier alpha value is -1.20. The standard InChI is InChI=1S/C10H12F2N2O/c1-15-8-3-6(2-7(11)9(8)12)10(13)4-14-5-10/h2-3,14H,4-5,13H2,1H3. The van der Waals surface area contributed by atoms with E-state index in [9.17, 15) is 8.78 Å². The lowest BCUT2D eigenvalue weighted by atomic mass is 9.85. The van der Waals surface area contributed by atoms with Crippen molar-refractivity contribution in [2.75, 3.05) is 20.2 Å². The van der Waals surface area contributed by atoms with Crippen LogP contribution in [0.4, 0.5) is 8.78 Å². The molecule has 0 aliphatic carbocycles. The average Bonchev–Trinajstić information content (AvgIpc) is 2.18. The number of halogens is 2. The molecule has 3 N–H and O–H groups in total. The predicted octanol–water partition coefficient (Wildman–Crippen LogP) is 0.731. The topological polar surface area (TPSA) is 47.3 Å². The summed E-state index contributed by atoms with van der Waals surface area (Å²) in [5.41, 5.74) is 5.90. The van der Waals surface area contributed by atoms with Crippen LogP contribution in [-0.2, 0) is 5.54 Å². The lowest BCUT2D eigenvalue weighted by molar-refractivity contribution is 0.282. The summed E-state index contributed by atoms with van der Waals surface area (Å²) in [5.74, 6) is -2.01. The first-order valence-corrected chi connectivity index (χ1v) is 4.60. The maximum absolute atomic E-state index is 13.2. The highest BCUT2D eigenvalue weighted by Gasteiger charge is 2.35. The Morgan fingerprint density at radius 1 is 1.40 bits per heavy atom. The zero-order chi connectivity index (χ0) is 11.1. The van der Waals surface area contributed by atoms with Crippen molar-refractivity contribution in [1.82, 2.24) is 5.32 Å². The van der Waals surface area contributed by atoms with Gasteiger partial charge in [0.15, 0.2) is 11.6 Å². The first-order chi connectivity index (χ1) is 7.07. The summed E-state index contributed by atoms with van der Waals surface area (Å²) in [5, 5.41) is 2.99. The van der Waals surface area contributed by atoms with E-state index in [-0.39, 0.29) is 5.75 Å². The molecule has 1 aromatic rings. The van der Waals surface area contributed by atoms with E-state index in [1.165, 1.54) is 13.2 Å². The third kappa shape index (κ3) is 1.57. The Kier molecular flexibility index (Phi) is 2.36. The van der Waals surface area contributed by atoms with E-state index in [4.69, 9.17) is 10.5 Å². The predicted molar refractivity (Wildman–Crippen MR) is 51.6 cm³/mol. The van der Waals surface area contributed by atoms with Gasteiger partial charge in [-0.05, 0) is 17.7 Å². The quantitative estimate of drug-likeness (QED) is 0.763. The number of nitrogens with one attached hydrogen (secondary N) is 1. The van der Waals surface area contributed by atoms with Crippen molar-refractivity contribution in [3.8, 4) is 5.75 Å². The van der Waals surface area contributed by atoms with Crippen LogP contribution in [0.3, 0.4) is 0 Å². The van der Waals surface area contributed by atoms with Crippen LogP contribution in [0.1, 0.15) is 5.56 Å². The van der Waals surface area contributed by atoms with Gasteiger partial charge in [0.2, 0.25) is 5.82 Å². The minimum absolute atomic E-state index is 0.110. The number of methoxy groups -OCH3 is 1. The summed E-state index contributed by atoms with van der Waals surface area (Å²) >= 11 is 0. The number of hydrogen-bond acceptors (Lipinski definition) is 3. The number of benzene rings is 1. The zero-order valence-electron chi connectivity index (χ0n) is 8.31. The molecule has 0 bridgehead atoms. The third-order valence-electron chi connectivity index (χ3n) is 2.67. The van der Waals surface area contributed by atoms with Crippen LogP contribution in [0.25, 0.3) is 0 Å². The summed E-state index contributed by atoms with van der Waals surface area (Å²) in [6.45, 7) is 1.11. The van der Waals surface area contributed by atoms with Gasteiger partial charge in [0.05, 0.1) is 12.6 Å². The van der Waals surface area contributed by atoms with Crippen LogP contribution in [0.15, 0.2) is 12.1 Å². The van der Waals surface area contributed by atoms with Crippen molar-refractivity contribution < 1.29 is 13.5 Å². The van der Waals surface area contributed by atoms with E-state index >= 15 is 0 Å². The molecular weight excluding hydrogens is 202 g/mol. The molecule has 3 nitrogen and oxygen atoms in total. The number of nitrogens with two attached hydrogens (primary N) is 1. The van der Waals surface area contributed by atoms with Gasteiger partial charge in [-0.1, -0.05) is 0 Å². The first kappa shape index (κ1) is 10.3. The zero-order valence-corrected chi connectivity index (χ0v) is 8.31. The minimum Gasteiger partial charge on any atom is -0.494 e. The fraction of sp³-hybridized carbons (Fsp3) is 0.400. The molecule has 1 fully saturated rings. The molecule has 0 amide bonds. The highest BCUT2D eigenvalue weighted by molar-refractivity contribution is 5.37. The molecule has 5 heteroatoms.